The van der Waals surface area contributed by atoms with Gasteiger partial charge in [-0.3, -0.25) is 14.5 Å². The van der Waals surface area contributed by atoms with E-state index in [9.17, 15) is 14.4 Å². The lowest BCUT2D eigenvalue weighted by molar-refractivity contribution is -0.128. The van der Waals surface area contributed by atoms with E-state index in [0.717, 1.165) is 18.5 Å². The molecule has 0 unspecified atom stereocenters. The number of anilines is 1. The Balaban J connectivity index is 1.45. The summed E-state index contributed by atoms with van der Waals surface area (Å²) < 4.78 is 8.99. The van der Waals surface area contributed by atoms with Crippen LogP contribution in [0.4, 0.5) is 10.5 Å². The number of hydrogen-bond acceptors (Lipinski definition) is 6. The second kappa shape index (κ2) is 10.2. The van der Waals surface area contributed by atoms with Gasteiger partial charge in [-0.2, -0.15) is 5.10 Å². The van der Waals surface area contributed by atoms with Crippen molar-refractivity contribution in [1.82, 2.24) is 24.2 Å². The molecule has 202 valence electrons. The molecule has 0 bridgehead atoms. The van der Waals surface area contributed by atoms with Gasteiger partial charge in [-0.1, -0.05) is 19.3 Å². The van der Waals surface area contributed by atoms with Crippen LogP contribution in [0.15, 0.2) is 41.7 Å². The van der Waals surface area contributed by atoms with Crippen LogP contribution in [0.1, 0.15) is 71.0 Å². The van der Waals surface area contributed by atoms with Crippen LogP contribution < -0.4 is 10.5 Å². The fourth-order valence-corrected chi connectivity index (χ4v) is 5.26. The quantitative estimate of drug-likeness (QED) is 0.500. The molecule has 1 aromatic carbocycles. The number of nitrogens with zero attached hydrogens (tertiary/aromatic N) is 6. The molecule has 1 saturated carbocycles. The van der Waals surface area contributed by atoms with Crippen molar-refractivity contribution in [3.63, 3.8) is 0 Å². The number of aromatic nitrogens is 4. The first kappa shape index (κ1) is 25.9. The van der Waals surface area contributed by atoms with Gasteiger partial charge in [0.2, 0.25) is 5.91 Å². The van der Waals surface area contributed by atoms with Gasteiger partial charge >= 0.3 is 6.09 Å². The molecule has 0 N–H and O–H groups in total. The van der Waals surface area contributed by atoms with Crippen LogP contribution in [-0.4, -0.2) is 54.4 Å². The molecule has 2 aromatic heterocycles. The molecular weight excluding hydrogens is 484 g/mol. The molecule has 38 heavy (non-hydrogen) atoms. The van der Waals surface area contributed by atoms with E-state index in [0.29, 0.717) is 35.5 Å². The van der Waals surface area contributed by atoms with Gasteiger partial charge in [0.25, 0.3) is 5.56 Å². The Morgan fingerprint density at radius 1 is 1.13 bits per heavy atom. The summed E-state index contributed by atoms with van der Waals surface area (Å²) in [6, 6.07) is 5.11. The van der Waals surface area contributed by atoms with Gasteiger partial charge in [0.1, 0.15) is 11.6 Å². The predicted molar refractivity (Wildman–Crippen MR) is 144 cm³/mol. The third kappa shape index (κ3) is 5.30. The van der Waals surface area contributed by atoms with Crippen LogP contribution in [0, 0.1) is 0 Å². The number of carbonyl (C=O) groups is 2. The van der Waals surface area contributed by atoms with E-state index >= 15 is 0 Å². The minimum absolute atomic E-state index is 0.201. The first-order valence-corrected chi connectivity index (χ1v) is 13.4. The minimum Gasteiger partial charge on any atom is -0.444 e. The Bertz CT molecular complexity index is 1400. The van der Waals surface area contributed by atoms with Crippen molar-refractivity contribution >= 4 is 28.5 Å². The molecule has 3 aromatic rings. The number of hydrogen-bond donors (Lipinski definition) is 0. The summed E-state index contributed by atoms with van der Waals surface area (Å²) in [6.07, 6.45) is 11.6. The third-order valence-corrected chi connectivity index (χ3v) is 7.41. The highest BCUT2D eigenvalue weighted by Crippen LogP contribution is 2.30. The predicted octanol–water partition coefficient (Wildman–Crippen LogP) is 4.18. The van der Waals surface area contributed by atoms with Crippen molar-refractivity contribution in [3.05, 3.63) is 53.0 Å². The number of benzene rings is 1. The summed E-state index contributed by atoms with van der Waals surface area (Å²) >= 11 is 0. The SMILES string of the molecule is Cn1ncc2cc(N(Cc3cn(C4CCCCC4)cn3)C(=O)[C@H]3CCN3C(=O)OC(C)(C)C)ccc2c1=O. The maximum absolute atomic E-state index is 13.9. The van der Waals surface area contributed by atoms with Gasteiger partial charge in [0, 0.05) is 36.9 Å². The second-order valence-electron chi connectivity index (χ2n) is 11.4. The largest absolute Gasteiger partial charge is 0.444 e. The lowest BCUT2D eigenvalue weighted by Crippen LogP contribution is -2.59. The number of likely N-dealkylation sites (tertiary alicyclic amines) is 1. The fourth-order valence-electron chi connectivity index (χ4n) is 5.26. The number of ether oxygens (including phenoxy) is 1. The van der Waals surface area contributed by atoms with Gasteiger partial charge in [0.15, 0.2) is 0 Å². The van der Waals surface area contributed by atoms with E-state index in [4.69, 9.17) is 4.74 Å². The molecule has 1 atom stereocenters. The first-order chi connectivity index (χ1) is 18.1. The number of imidazole rings is 1. The number of fused-ring (bicyclic) bond motifs is 1. The Hall–Kier alpha value is -3.69. The van der Waals surface area contributed by atoms with Crippen LogP contribution >= 0.6 is 0 Å². The van der Waals surface area contributed by atoms with Crippen LogP contribution in [0.5, 0.6) is 0 Å². The van der Waals surface area contributed by atoms with Gasteiger partial charge in [-0.25, -0.2) is 14.5 Å². The molecule has 1 aliphatic carbocycles. The van der Waals surface area contributed by atoms with Crippen LogP contribution in [0.2, 0.25) is 0 Å². The van der Waals surface area contributed by atoms with Gasteiger partial charge < -0.3 is 14.2 Å². The average molecular weight is 521 g/mol. The van der Waals surface area contributed by atoms with Crippen molar-refractivity contribution in [2.24, 2.45) is 7.05 Å². The molecule has 1 saturated heterocycles. The molecular formula is C28H36N6O4. The normalized spacial score (nSPS) is 18.3. The van der Waals surface area contributed by atoms with Crippen molar-refractivity contribution in [1.29, 1.82) is 0 Å². The zero-order valence-electron chi connectivity index (χ0n) is 22.6. The van der Waals surface area contributed by atoms with Crippen molar-refractivity contribution in [2.45, 2.75) is 83.5 Å². The van der Waals surface area contributed by atoms with E-state index in [-0.39, 0.29) is 18.0 Å². The Labute approximate surface area is 222 Å². The van der Waals surface area contributed by atoms with E-state index in [2.05, 4.69) is 14.6 Å². The van der Waals surface area contributed by atoms with E-state index in [1.54, 1.807) is 36.3 Å². The van der Waals surface area contributed by atoms with Crippen LogP contribution in [0.3, 0.4) is 0 Å². The summed E-state index contributed by atoms with van der Waals surface area (Å²) in [7, 11) is 1.61. The van der Waals surface area contributed by atoms with Crippen molar-refractivity contribution in [3.8, 4) is 0 Å². The molecule has 2 aliphatic rings. The summed E-state index contributed by atoms with van der Waals surface area (Å²) in [6.45, 7) is 6.14. The lowest BCUT2D eigenvalue weighted by atomic mass is 9.95. The van der Waals surface area contributed by atoms with Gasteiger partial charge in [-0.15, -0.1) is 0 Å². The Kier molecular flexibility index (Phi) is 6.98. The van der Waals surface area contributed by atoms with Gasteiger partial charge in [0.05, 0.1) is 30.1 Å². The van der Waals surface area contributed by atoms with Crippen LogP contribution in [-0.2, 0) is 23.1 Å². The van der Waals surface area contributed by atoms with E-state index in [1.807, 2.05) is 33.3 Å². The highest BCUT2D eigenvalue weighted by molar-refractivity contribution is 6.01. The summed E-state index contributed by atoms with van der Waals surface area (Å²) in [5.74, 6) is -0.203. The summed E-state index contributed by atoms with van der Waals surface area (Å²) in [5, 5.41) is 5.31. The molecule has 10 heteroatoms. The van der Waals surface area contributed by atoms with E-state index in [1.165, 1.54) is 28.8 Å². The first-order valence-electron chi connectivity index (χ1n) is 13.4. The Morgan fingerprint density at radius 2 is 1.89 bits per heavy atom. The van der Waals surface area contributed by atoms with Crippen molar-refractivity contribution < 1.29 is 14.3 Å². The number of rotatable bonds is 5. The molecule has 2 fully saturated rings. The molecule has 0 radical (unpaired) electrons. The number of amides is 2. The fraction of sp³-hybridized carbons (Fsp3) is 0.536. The van der Waals surface area contributed by atoms with Crippen molar-refractivity contribution in [2.75, 3.05) is 11.4 Å². The zero-order valence-corrected chi connectivity index (χ0v) is 22.6. The maximum Gasteiger partial charge on any atom is 0.410 e. The summed E-state index contributed by atoms with van der Waals surface area (Å²) in [5.41, 5.74) is 0.548. The molecule has 3 heterocycles. The highest BCUT2D eigenvalue weighted by atomic mass is 16.6. The lowest BCUT2D eigenvalue weighted by Gasteiger charge is -2.42. The molecule has 10 nitrogen and oxygen atoms in total. The minimum atomic E-state index is -0.649. The standard InChI is InChI=1S/C28H36N6O4/c1-28(2,3)38-27(37)33-13-12-24(33)26(36)34(17-20-16-32(18-29-20)21-8-6-5-7-9-21)22-10-11-23-19(14-22)15-30-31(4)25(23)35/h10-11,14-16,18,21,24H,5-9,12-13,17H2,1-4H3/t24-/m1/s1. The highest BCUT2D eigenvalue weighted by Gasteiger charge is 2.42. The average Bonchev–Trinajstić information content (AvgIpc) is 3.32. The smallest absolute Gasteiger partial charge is 0.410 e. The maximum atomic E-state index is 13.9. The van der Waals surface area contributed by atoms with Crippen LogP contribution in [0.25, 0.3) is 10.8 Å². The molecule has 0 spiro atoms. The topological polar surface area (TPSA) is 103 Å². The van der Waals surface area contributed by atoms with E-state index < -0.39 is 17.7 Å². The Morgan fingerprint density at radius 3 is 2.58 bits per heavy atom. The number of carbonyl (C=O) groups excluding carboxylic acids is 2. The van der Waals surface area contributed by atoms with Gasteiger partial charge in [-0.05, 0) is 58.2 Å². The second-order valence-corrected chi connectivity index (χ2v) is 11.4. The molecule has 1 aliphatic heterocycles. The third-order valence-electron chi connectivity index (χ3n) is 7.41. The molecule has 2 amide bonds. The zero-order chi connectivity index (χ0) is 27.0. The summed E-state index contributed by atoms with van der Waals surface area (Å²) in [4.78, 5) is 47.0. The number of aryl methyl sites for hydroxylation is 1. The molecule has 5 rings (SSSR count). The monoisotopic (exact) mass is 520 g/mol.